The van der Waals surface area contributed by atoms with Crippen molar-refractivity contribution < 1.29 is 4.57 Å². The van der Waals surface area contributed by atoms with Crippen LogP contribution in [-0.2, 0) is 7.05 Å². The fourth-order valence-corrected chi connectivity index (χ4v) is 5.53. The molecule has 1 heterocycles. The minimum atomic E-state index is -1.47. The third-order valence-electron chi connectivity index (χ3n) is 5.37. The summed E-state index contributed by atoms with van der Waals surface area (Å²) in [6, 6.07) is 24.6. The van der Waals surface area contributed by atoms with Gasteiger partial charge in [-0.25, -0.2) is 0 Å². The average molecular weight is 357 g/mol. The van der Waals surface area contributed by atoms with Crippen molar-refractivity contribution >= 4 is 34.9 Å². The Bertz CT molecular complexity index is 1140. The number of benzene rings is 3. The average Bonchev–Trinajstić information content (AvgIpc) is 2.61. The summed E-state index contributed by atoms with van der Waals surface area (Å²) < 4.78 is 2.36. The van der Waals surface area contributed by atoms with Crippen LogP contribution in [-0.4, -0.2) is 8.07 Å². The summed E-state index contributed by atoms with van der Waals surface area (Å²) in [6.45, 7) is 9.54. The number of aromatic nitrogens is 1. The van der Waals surface area contributed by atoms with Crippen LogP contribution in [0.25, 0.3) is 32.9 Å². The molecular formula is C24H26NSi+. The number of para-hydroxylation sites is 1. The van der Waals surface area contributed by atoms with E-state index >= 15 is 0 Å². The number of hydrogen-bond acceptors (Lipinski definition) is 0. The lowest BCUT2D eigenvalue weighted by Gasteiger charge is -2.20. The summed E-state index contributed by atoms with van der Waals surface area (Å²) in [6.07, 6.45) is 0. The first-order valence-electron chi connectivity index (χ1n) is 9.28. The summed E-state index contributed by atoms with van der Waals surface area (Å²) in [5.74, 6) is 0. The molecule has 0 amide bonds. The van der Waals surface area contributed by atoms with Gasteiger partial charge in [-0.1, -0.05) is 62.1 Å². The molecule has 0 unspecified atom stereocenters. The van der Waals surface area contributed by atoms with E-state index < -0.39 is 8.07 Å². The van der Waals surface area contributed by atoms with E-state index in [1.54, 1.807) is 0 Å². The Morgan fingerprint density at radius 1 is 0.769 bits per heavy atom. The maximum atomic E-state index is 2.45. The van der Waals surface area contributed by atoms with E-state index in [0.717, 1.165) is 0 Å². The highest BCUT2D eigenvalue weighted by Gasteiger charge is 2.26. The van der Waals surface area contributed by atoms with Crippen LogP contribution in [0.5, 0.6) is 0 Å². The Balaban J connectivity index is 2.09. The molecule has 0 atom stereocenters. The molecule has 26 heavy (non-hydrogen) atoms. The van der Waals surface area contributed by atoms with Gasteiger partial charge in [0, 0.05) is 23.1 Å². The van der Waals surface area contributed by atoms with Crippen LogP contribution in [0.4, 0.5) is 0 Å². The minimum Gasteiger partial charge on any atom is -0.194 e. The van der Waals surface area contributed by atoms with Crippen LogP contribution in [0, 0.1) is 6.92 Å². The fraction of sp³-hybridized carbons (Fsp3) is 0.208. The summed E-state index contributed by atoms with van der Waals surface area (Å²) in [5.41, 5.74) is 5.28. The van der Waals surface area contributed by atoms with E-state index in [2.05, 4.69) is 105 Å². The number of rotatable bonds is 2. The molecule has 4 rings (SSSR count). The zero-order valence-corrected chi connectivity index (χ0v) is 17.3. The minimum absolute atomic E-state index is 1.30. The Hall–Kier alpha value is -2.45. The quantitative estimate of drug-likeness (QED) is 0.337. The number of nitrogens with zero attached hydrogens (tertiary/aromatic N) is 1. The van der Waals surface area contributed by atoms with Crippen molar-refractivity contribution in [3.8, 4) is 11.3 Å². The molecule has 4 aromatic rings. The molecule has 0 fully saturated rings. The highest BCUT2D eigenvalue weighted by molar-refractivity contribution is 6.90. The number of hydrogen-bond donors (Lipinski definition) is 0. The van der Waals surface area contributed by atoms with Crippen LogP contribution in [0.1, 0.15) is 5.56 Å². The highest BCUT2D eigenvalue weighted by atomic mass is 28.3. The standard InChI is InChI=1S/C24H26NSi/c1-17-14-18-10-6-7-11-19(18)15-21(17)23-16-24(26(3,4)5)20-12-8-9-13-22(20)25(23)2/h6-16H,1-5H3/q+1. The van der Waals surface area contributed by atoms with Crippen molar-refractivity contribution in [1.29, 1.82) is 0 Å². The summed E-state index contributed by atoms with van der Waals surface area (Å²) >= 11 is 0. The Kier molecular flexibility index (Phi) is 3.96. The summed E-state index contributed by atoms with van der Waals surface area (Å²) in [7, 11) is 0.725. The predicted molar refractivity (Wildman–Crippen MR) is 116 cm³/mol. The van der Waals surface area contributed by atoms with Crippen molar-refractivity contribution in [3.05, 3.63) is 72.3 Å². The third-order valence-corrected chi connectivity index (χ3v) is 7.40. The molecule has 0 aliphatic carbocycles. The van der Waals surface area contributed by atoms with Crippen LogP contribution in [0.15, 0.2) is 66.7 Å². The molecule has 2 heteroatoms. The van der Waals surface area contributed by atoms with Crippen molar-refractivity contribution in [2.75, 3.05) is 0 Å². The van der Waals surface area contributed by atoms with Crippen molar-refractivity contribution in [2.24, 2.45) is 7.05 Å². The van der Waals surface area contributed by atoms with Gasteiger partial charge in [-0.05, 0) is 40.6 Å². The maximum Gasteiger partial charge on any atom is 0.212 e. The molecule has 0 N–H and O–H groups in total. The molecular weight excluding hydrogens is 330 g/mol. The van der Waals surface area contributed by atoms with Gasteiger partial charge in [-0.2, -0.15) is 4.57 Å². The summed E-state index contributed by atoms with van der Waals surface area (Å²) in [4.78, 5) is 0. The first kappa shape index (κ1) is 17.0. The SMILES string of the molecule is Cc1cc2ccccc2cc1-c1cc([Si](C)(C)C)c2ccccc2[n+]1C. The molecule has 0 spiro atoms. The topological polar surface area (TPSA) is 3.88 Å². The first-order chi connectivity index (χ1) is 12.4. The van der Waals surface area contributed by atoms with Crippen LogP contribution in [0.2, 0.25) is 19.6 Å². The largest absolute Gasteiger partial charge is 0.212 e. The zero-order valence-electron chi connectivity index (χ0n) is 16.3. The van der Waals surface area contributed by atoms with Gasteiger partial charge in [0.05, 0.1) is 8.07 Å². The lowest BCUT2D eigenvalue weighted by molar-refractivity contribution is -0.633. The number of fused-ring (bicyclic) bond motifs is 2. The molecule has 130 valence electrons. The fourth-order valence-electron chi connectivity index (χ4n) is 3.94. The Morgan fingerprint density at radius 3 is 2.08 bits per heavy atom. The first-order valence-corrected chi connectivity index (χ1v) is 12.8. The van der Waals surface area contributed by atoms with Crippen LogP contribution >= 0.6 is 0 Å². The molecule has 0 radical (unpaired) electrons. The van der Waals surface area contributed by atoms with E-state index in [4.69, 9.17) is 0 Å². The lowest BCUT2D eigenvalue weighted by atomic mass is 9.98. The highest BCUT2D eigenvalue weighted by Crippen LogP contribution is 2.28. The van der Waals surface area contributed by atoms with Gasteiger partial charge in [0.25, 0.3) is 0 Å². The zero-order chi connectivity index (χ0) is 18.5. The van der Waals surface area contributed by atoms with E-state index in [1.807, 2.05) is 0 Å². The molecule has 0 aliphatic heterocycles. The van der Waals surface area contributed by atoms with Crippen LogP contribution in [0.3, 0.4) is 0 Å². The van der Waals surface area contributed by atoms with Crippen molar-refractivity contribution in [2.45, 2.75) is 26.6 Å². The van der Waals surface area contributed by atoms with Crippen LogP contribution < -0.4 is 9.75 Å². The molecule has 1 nitrogen and oxygen atoms in total. The van der Waals surface area contributed by atoms with Gasteiger partial charge in [-0.3, -0.25) is 0 Å². The second-order valence-corrected chi connectivity index (χ2v) is 13.3. The predicted octanol–water partition coefficient (Wildman–Crippen LogP) is 5.34. The van der Waals surface area contributed by atoms with Gasteiger partial charge in [0.1, 0.15) is 7.05 Å². The molecule has 1 aromatic heterocycles. The molecule has 0 aliphatic rings. The second kappa shape index (κ2) is 6.06. The summed E-state index contributed by atoms with van der Waals surface area (Å²) in [5, 5.41) is 5.54. The van der Waals surface area contributed by atoms with Crippen molar-refractivity contribution in [1.82, 2.24) is 0 Å². The van der Waals surface area contributed by atoms with Gasteiger partial charge >= 0.3 is 0 Å². The van der Waals surface area contributed by atoms with Gasteiger partial charge in [0.2, 0.25) is 11.2 Å². The Labute approximate surface area is 156 Å². The van der Waals surface area contributed by atoms with E-state index in [0.29, 0.717) is 0 Å². The van der Waals surface area contributed by atoms with E-state index in [1.165, 1.54) is 43.7 Å². The third kappa shape index (κ3) is 2.75. The maximum absolute atomic E-state index is 2.45. The van der Waals surface area contributed by atoms with Crippen molar-refractivity contribution in [3.63, 3.8) is 0 Å². The van der Waals surface area contributed by atoms with E-state index in [-0.39, 0.29) is 0 Å². The van der Waals surface area contributed by atoms with E-state index in [9.17, 15) is 0 Å². The lowest BCUT2D eigenvalue weighted by Crippen LogP contribution is -2.43. The van der Waals surface area contributed by atoms with Gasteiger partial charge in [0.15, 0.2) is 0 Å². The molecule has 0 saturated carbocycles. The molecule has 0 bridgehead atoms. The second-order valence-electron chi connectivity index (χ2n) is 8.28. The van der Waals surface area contributed by atoms with Gasteiger partial charge in [-0.15, -0.1) is 0 Å². The smallest absolute Gasteiger partial charge is 0.194 e. The normalized spacial score (nSPS) is 12.0. The van der Waals surface area contributed by atoms with Gasteiger partial charge < -0.3 is 0 Å². The molecule has 0 saturated heterocycles. The number of pyridine rings is 1. The monoisotopic (exact) mass is 356 g/mol. The Morgan fingerprint density at radius 2 is 1.38 bits per heavy atom. The number of aryl methyl sites for hydroxylation is 2. The molecule has 3 aromatic carbocycles.